The number of phenols is 2. The number of nitrogens with one attached hydrogen (secondary N) is 1. The third-order valence-electron chi connectivity index (χ3n) is 5.21. The van der Waals surface area contributed by atoms with Gasteiger partial charge in [-0.3, -0.25) is 5.43 Å². The Morgan fingerprint density at radius 1 is 1.15 bits per heavy atom. The van der Waals surface area contributed by atoms with Gasteiger partial charge in [0.25, 0.3) is 0 Å². The zero-order valence-electron chi connectivity index (χ0n) is 15.0. The number of aromatic nitrogens is 1. The van der Waals surface area contributed by atoms with Crippen LogP contribution in [0.15, 0.2) is 59.0 Å². The second-order valence-electron chi connectivity index (χ2n) is 7.19. The number of aromatic hydroxyl groups is 2. The summed E-state index contributed by atoms with van der Waals surface area (Å²) in [5.41, 5.74) is 6.07. The van der Waals surface area contributed by atoms with Crippen molar-refractivity contribution in [3.05, 3.63) is 70.7 Å². The van der Waals surface area contributed by atoms with Gasteiger partial charge in [-0.1, -0.05) is 43.3 Å². The summed E-state index contributed by atoms with van der Waals surface area (Å²) >= 11 is 1.52. The maximum atomic E-state index is 9.77. The first-order valence-electron chi connectivity index (χ1n) is 8.86. The number of anilines is 1. The van der Waals surface area contributed by atoms with Crippen molar-refractivity contribution in [2.45, 2.75) is 31.1 Å². The third-order valence-corrected chi connectivity index (χ3v) is 5.98. The van der Waals surface area contributed by atoms with Gasteiger partial charge < -0.3 is 10.2 Å². The van der Waals surface area contributed by atoms with Crippen LogP contribution in [0.3, 0.4) is 0 Å². The van der Waals surface area contributed by atoms with Crippen molar-refractivity contribution in [3.63, 3.8) is 0 Å². The van der Waals surface area contributed by atoms with Crippen molar-refractivity contribution in [2.24, 2.45) is 5.10 Å². The maximum absolute atomic E-state index is 9.77. The molecule has 5 nitrogen and oxygen atoms in total. The number of thiazole rings is 1. The summed E-state index contributed by atoms with van der Waals surface area (Å²) in [7, 11) is 0. The molecule has 1 aliphatic carbocycles. The van der Waals surface area contributed by atoms with Crippen LogP contribution in [0.4, 0.5) is 5.13 Å². The molecule has 138 valence electrons. The number of hydrogen-bond donors (Lipinski definition) is 3. The Kier molecular flexibility index (Phi) is 4.58. The van der Waals surface area contributed by atoms with Gasteiger partial charge in [-0.05, 0) is 36.0 Å². The quantitative estimate of drug-likeness (QED) is 0.337. The highest BCUT2D eigenvalue weighted by atomic mass is 32.1. The number of benzene rings is 2. The van der Waals surface area contributed by atoms with E-state index >= 15 is 0 Å². The number of nitrogens with zero attached hydrogens (tertiary/aromatic N) is 2. The van der Waals surface area contributed by atoms with E-state index < -0.39 is 0 Å². The van der Waals surface area contributed by atoms with E-state index in [1.807, 2.05) is 0 Å². The van der Waals surface area contributed by atoms with Crippen LogP contribution in [0.5, 0.6) is 11.5 Å². The number of hydrazone groups is 1. The lowest BCUT2D eigenvalue weighted by Gasteiger charge is -2.45. The van der Waals surface area contributed by atoms with E-state index in [1.165, 1.54) is 29.2 Å². The van der Waals surface area contributed by atoms with E-state index in [4.69, 9.17) is 0 Å². The molecule has 0 aliphatic heterocycles. The zero-order chi connectivity index (χ0) is 18.9. The molecule has 1 aliphatic rings. The van der Waals surface area contributed by atoms with Gasteiger partial charge >= 0.3 is 0 Å². The maximum Gasteiger partial charge on any atom is 0.203 e. The van der Waals surface area contributed by atoms with Crippen LogP contribution in [0.2, 0.25) is 0 Å². The monoisotopic (exact) mass is 379 g/mol. The highest BCUT2D eigenvalue weighted by Crippen LogP contribution is 2.52. The highest BCUT2D eigenvalue weighted by molar-refractivity contribution is 7.13. The van der Waals surface area contributed by atoms with E-state index in [2.05, 4.69) is 58.1 Å². The molecule has 0 atom stereocenters. The molecule has 1 saturated carbocycles. The number of para-hydroxylation sites is 1. The molecule has 3 aromatic rings. The Balaban J connectivity index is 1.37. The molecule has 2 aromatic carbocycles. The van der Waals surface area contributed by atoms with Gasteiger partial charge in [0.05, 0.1) is 11.9 Å². The van der Waals surface area contributed by atoms with E-state index in [1.54, 1.807) is 12.1 Å². The van der Waals surface area contributed by atoms with Gasteiger partial charge in [0.2, 0.25) is 5.13 Å². The molecule has 0 bridgehead atoms. The first kappa shape index (κ1) is 17.5. The summed E-state index contributed by atoms with van der Waals surface area (Å²) < 4.78 is 0. The van der Waals surface area contributed by atoms with Crippen molar-refractivity contribution in [1.29, 1.82) is 0 Å². The summed E-state index contributed by atoms with van der Waals surface area (Å²) in [5.74, 6) is 0.126. The van der Waals surface area contributed by atoms with Crippen LogP contribution in [0.1, 0.15) is 42.5 Å². The predicted octanol–water partition coefficient (Wildman–Crippen LogP) is 4.84. The lowest BCUT2D eigenvalue weighted by atomic mass is 9.59. The summed E-state index contributed by atoms with van der Waals surface area (Å²) in [6.07, 6.45) is 3.66. The molecule has 1 fully saturated rings. The number of phenolic OH excluding ortho intramolecular Hbond substituents is 2. The normalized spacial score (nSPS) is 21.9. The van der Waals surface area contributed by atoms with E-state index in [-0.39, 0.29) is 16.9 Å². The lowest BCUT2D eigenvalue weighted by molar-refractivity contribution is 0.222. The van der Waals surface area contributed by atoms with Gasteiger partial charge in [-0.25, -0.2) is 4.98 Å². The molecule has 3 N–H and O–H groups in total. The van der Waals surface area contributed by atoms with Crippen molar-refractivity contribution < 1.29 is 10.2 Å². The highest BCUT2D eigenvalue weighted by Gasteiger charge is 2.42. The molecule has 0 radical (unpaired) electrons. The lowest BCUT2D eigenvalue weighted by Crippen LogP contribution is -2.37. The Bertz CT molecular complexity index is 963. The molecule has 0 amide bonds. The number of rotatable bonds is 5. The van der Waals surface area contributed by atoms with Crippen molar-refractivity contribution in [1.82, 2.24) is 4.98 Å². The Labute approximate surface area is 162 Å². The van der Waals surface area contributed by atoms with Gasteiger partial charge in [0, 0.05) is 16.9 Å². The van der Waals surface area contributed by atoms with Crippen LogP contribution in [-0.2, 0) is 5.41 Å². The van der Waals surface area contributed by atoms with Crippen LogP contribution < -0.4 is 5.43 Å². The van der Waals surface area contributed by atoms with Gasteiger partial charge in [0.1, 0.15) is 0 Å². The second kappa shape index (κ2) is 7.04. The molecular formula is C21H21N3O2S. The largest absolute Gasteiger partial charge is 0.504 e. The minimum Gasteiger partial charge on any atom is -0.504 e. The standard InChI is InChI=1S/C21H21N3O2S/c1-21(16-7-3-2-4-8-16)10-15(11-21)17-13-27-20(23-17)24-22-12-14-6-5-9-18(25)19(14)26/h2-9,12-13,15,25-26H,10-11H2,1H3,(H,23,24)/b22-12+. The Morgan fingerprint density at radius 3 is 2.70 bits per heavy atom. The van der Waals surface area contributed by atoms with Crippen molar-refractivity contribution in [2.75, 3.05) is 5.43 Å². The molecule has 0 unspecified atom stereocenters. The minimum atomic E-state index is -0.183. The fraction of sp³-hybridized carbons (Fsp3) is 0.238. The van der Waals surface area contributed by atoms with Gasteiger partial charge in [0.15, 0.2) is 11.5 Å². The topological polar surface area (TPSA) is 77.7 Å². The fourth-order valence-corrected chi connectivity index (χ4v) is 4.39. The van der Waals surface area contributed by atoms with E-state index in [0.29, 0.717) is 16.6 Å². The van der Waals surface area contributed by atoms with Gasteiger partial charge in [-0.2, -0.15) is 5.10 Å². The first-order chi connectivity index (χ1) is 13.0. The molecule has 1 heterocycles. The summed E-state index contributed by atoms with van der Waals surface area (Å²) in [4.78, 5) is 4.64. The molecule has 0 saturated heterocycles. The predicted molar refractivity (Wildman–Crippen MR) is 109 cm³/mol. The Morgan fingerprint density at radius 2 is 1.93 bits per heavy atom. The van der Waals surface area contributed by atoms with Crippen LogP contribution >= 0.6 is 11.3 Å². The second-order valence-corrected chi connectivity index (χ2v) is 8.05. The average molecular weight is 379 g/mol. The third kappa shape index (κ3) is 3.53. The van der Waals surface area contributed by atoms with Crippen molar-refractivity contribution in [3.8, 4) is 11.5 Å². The smallest absolute Gasteiger partial charge is 0.203 e. The number of hydrogen-bond acceptors (Lipinski definition) is 6. The molecule has 4 rings (SSSR count). The van der Waals surface area contributed by atoms with Gasteiger partial charge in [-0.15, -0.1) is 11.3 Å². The molecular weight excluding hydrogens is 358 g/mol. The molecule has 0 spiro atoms. The first-order valence-corrected chi connectivity index (χ1v) is 9.74. The SMILES string of the molecule is CC1(c2ccccc2)CC(c2csc(N/N=C/c3cccc(O)c3O)n2)C1. The van der Waals surface area contributed by atoms with Crippen LogP contribution in [-0.4, -0.2) is 21.4 Å². The molecule has 27 heavy (non-hydrogen) atoms. The fourth-order valence-electron chi connectivity index (χ4n) is 3.65. The van der Waals surface area contributed by atoms with E-state index in [0.717, 1.165) is 18.5 Å². The average Bonchev–Trinajstić information content (AvgIpc) is 3.12. The van der Waals surface area contributed by atoms with Crippen molar-refractivity contribution >= 4 is 22.7 Å². The van der Waals surface area contributed by atoms with E-state index in [9.17, 15) is 10.2 Å². The zero-order valence-corrected chi connectivity index (χ0v) is 15.8. The van der Waals surface area contributed by atoms with Crippen LogP contribution in [0, 0.1) is 0 Å². The molecule has 6 heteroatoms. The Hall–Kier alpha value is -2.86. The summed E-state index contributed by atoms with van der Waals surface area (Å²) in [5, 5.41) is 26.2. The molecule has 1 aromatic heterocycles. The minimum absolute atomic E-state index is 0.165. The summed E-state index contributed by atoms with van der Waals surface area (Å²) in [6, 6.07) is 15.4. The van der Waals surface area contributed by atoms with Crippen LogP contribution in [0.25, 0.3) is 0 Å². The summed E-state index contributed by atoms with van der Waals surface area (Å²) in [6.45, 7) is 2.32.